The molecule has 1 aromatic heterocycles. The molecule has 0 bridgehead atoms. The smallest absolute Gasteiger partial charge is 0.211 e. The molecule has 4 heteroatoms. The second-order valence-corrected chi connectivity index (χ2v) is 4.37. The fraction of sp³-hybridized carbons (Fsp3) is 0.333. The third-order valence-electron chi connectivity index (χ3n) is 3.16. The second-order valence-electron chi connectivity index (χ2n) is 4.37. The first-order valence-corrected chi connectivity index (χ1v) is 6.57. The number of hydrogen-bond donors (Lipinski definition) is 1. The summed E-state index contributed by atoms with van der Waals surface area (Å²) in [5, 5.41) is 7.27. The fourth-order valence-electron chi connectivity index (χ4n) is 2.14. The van der Waals surface area contributed by atoms with Crippen LogP contribution in [0.4, 0.5) is 0 Å². The van der Waals surface area contributed by atoms with Gasteiger partial charge in [-0.05, 0) is 38.6 Å². The second kappa shape index (κ2) is 6.29. The molecule has 0 fully saturated rings. The van der Waals surface area contributed by atoms with Gasteiger partial charge < -0.3 is 5.32 Å². The van der Waals surface area contributed by atoms with Crippen LogP contribution in [-0.2, 0) is 13.0 Å². The zero-order valence-corrected chi connectivity index (χ0v) is 11.4. The number of aryl methyl sites for hydroxylation is 1. The van der Waals surface area contributed by atoms with Crippen molar-refractivity contribution in [1.29, 1.82) is 0 Å². The maximum absolute atomic E-state index is 12.6. The Morgan fingerprint density at radius 3 is 2.84 bits per heavy atom. The van der Waals surface area contributed by atoms with Crippen molar-refractivity contribution in [3.05, 3.63) is 53.3 Å². The van der Waals surface area contributed by atoms with Gasteiger partial charge in [0.1, 0.15) is 5.69 Å². The van der Waals surface area contributed by atoms with Crippen molar-refractivity contribution >= 4 is 5.78 Å². The molecule has 0 aliphatic heterocycles. The average Bonchev–Trinajstić information content (AvgIpc) is 2.93. The molecule has 0 atom stereocenters. The zero-order chi connectivity index (χ0) is 13.7. The Morgan fingerprint density at radius 2 is 2.11 bits per heavy atom. The molecule has 0 unspecified atom stereocenters. The molecular weight excluding hydrogens is 238 g/mol. The van der Waals surface area contributed by atoms with Gasteiger partial charge in [0.05, 0.1) is 0 Å². The summed E-state index contributed by atoms with van der Waals surface area (Å²) in [4.78, 5) is 12.6. The minimum absolute atomic E-state index is 0.0473. The number of hydrogen-bond acceptors (Lipinski definition) is 3. The highest BCUT2D eigenvalue weighted by molar-refractivity contribution is 6.08. The molecule has 4 nitrogen and oxygen atoms in total. The average molecular weight is 257 g/mol. The van der Waals surface area contributed by atoms with E-state index in [1.165, 1.54) is 0 Å². The summed E-state index contributed by atoms with van der Waals surface area (Å²) < 4.78 is 1.73. The highest BCUT2D eigenvalue weighted by Crippen LogP contribution is 2.15. The van der Waals surface area contributed by atoms with Crippen LogP contribution in [0.25, 0.3) is 0 Å². The van der Waals surface area contributed by atoms with Crippen molar-refractivity contribution < 1.29 is 4.79 Å². The van der Waals surface area contributed by atoms with E-state index >= 15 is 0 Å². The van der Waals surface area contributed by atoms with E-state index in [0.29, 0.717) is 12.2 Å². The Bertz CT molecular complexity index is 560. The molecule has 2 rings (SSSR count). The highest BCUT2D eigenvalue weighted by Gasteiger charge is 2.16. The summed E-state index contributed by atoms with van der Waals surface area (Å²) in [7, 11) is 1.91. The molecule has 0 saturated carbocycles. The fourth-order valence-corrected chi connectivity index (χ4v) is 2.14. The maximum atomic E-state index is 12.6. The van der Waals surface area contributed by atoms with Gasteiger partial charge in [-0.2, -0.15) is 5.10 Å². The van der Waals surface area contributed by atoms with Crippen LogP contribution in [0.5, 0.6) is 0 Å². The van der Waals surface area contributed by atoms with Crippen molar-refractivity contribution in [2.75, 3.05) is 13.6 Å². The van der Waals surface area contributed by atoms with E-state index in [2.05, 4.69) is 10.4 Å². The van der Waals surface area contributed by atoms with E-state index < -0.39 is 0 Å². The van der Waals surface area contributed by atoms with Gasteiger partial charge in [0.2, 0.25) is 5.78 Å². The Morgan fingerprint density at radius 1 is 1.32 bits per heavy atom. The van der Waals surface area contributed by atoms with Crippen molar-refractivity contribution in [2.24, 2.45) is 0 Å². The lowest BCUT2D eigenvalue weighted by molar-refractivity contribution is 0.102. The van der Waals surface area contributed by atoms with E-state index in [4.69, 9.17) is 0 Å². The Hall–Kier alpha value is -1.94. The summed E-state index contributed by atoms with van der Waals surface area (Å²) in [6.07, 6.45) is 2.52. The number of aromatic nitrogens is 2. The molecule has 100 valence electrons. The lowest BCUT2D eigenvalue weighted by atomic mass is 9.99. The number of ketones is 1. The van der Waals surface area contributed by atoms with Crippen molar-refractivity contribution in [3.8, 4) is 0 Å². The quantitative estimate of drug-likeness (QED) is 0.804. The predicted octanol–water partition coefficient (Wildman–Crippen LogP) is 1.90. The van der Waals surface area contributed by atoms with E-state index in [1.807, 2.05) is 38.2 Å². The topological polar surface area (TPSA) is 46.9 Å². The van der Waals surface area contributed by atoms with Crippen molar-refractivity contribution in [1.82, 2.24) is 15.1 Å². The molecule has 0 aliphatic carbocycles. The van der Waals surface area contributed by atoms with Crippen LogP contribution >= 0.6 is 0 Å². The highest BCUT2D eigenvalue weighted by atomic mass is 16.1. The van der Waals surface area contributed by atoms with Crippen LogP contribution in [0.3, 0.4) is 0 Å². The molecule has 19 heavy (non-hydrogen) atoms. The maximum Gasteiger partial charge on any atom is 0.211 e. The monoisotopic (exact) mass is 257 g/mol. The molecule has 0 radical (unpaired) electrons. The van der Waals surface area contributed by atoms with Gasteiger partial charge in [-0.1, -0.05) is 24.3 Å². The SMILES string of the molecule is CCn1nccc1C(=O)c1ccccc1CCNC. The van der Waals surface area contributed by atoms with Crippen LogP contribution in [0.1, 0.15) is 28.5 Å². The molecule has 0 saturated heterocycles. The van der Waals surface area contributed by atoms with Crippen LogP contribution < -0.4 is 5.32 Å². The zero-order valence-electron chi connectivity index (χ0n) is 11.4. The standard InChI is InChI=1S/C15H19N3O/c1-3-18-14(9-11-17-18)15(19)13-7-5-4-6-12(13)8-10-16-2/h4-7,9,11,16H,3,8,10H2,1-2H3. The third kappa shape index (κ3) is 2.90. The number of carbonyl (C=O) groups excluding carboxylic acids is 1. The molecule has 1 heterocycles. The minimum Gasteiger partial charge on any atom is -0.319 e. The van der Waals surface area contributed by atoms with Crippen molar-refractivity contribution in [2.45, 2.75) is 19.9 Å². The van der Waals surface area contributed by atoms with E-state index in [-0.39, 0.29) is 5.78 Å². The van der Waals surface area contributed by atoms with Crippen LogP contribution in [0, 0.1) is 0 Å². The molecule has 1 aromatic carbocycles. The lowest BCUT2D eigenvalue weighted by Gasteiger charge is -2.09. The van der Waals surface area contributed by atoms with Gasteiger partial charge in [0.25, 0.3) is 0 Å². The Kier molecular flexibility index (Phi) is 4.47. The first-order chi connectivity index (χ1) is 9.27. The van der Waals surface area contributed by atoms with Crippen LogP contribution in [0.2, 0.25) is 0 Å². The number of carbonyl (C=O) groups is 1. The molecule has 0 spiro atoms. The van der Waals surface area contributed by atoms with E-state index in [1.54, 1.807) is 16.9 Å². The van der Waals surface area contributed by atoms with Crippen molar-refractivity contribution in [3.63, 3.8) is 0 Å². The van der Waals surface area contributed by atoms with Gasteiger partial charge in [-0.15, -0.1) is 0 Å². The van der Waals surface area contributed by atoms with Gasteiger partial charge >= 0.3 is 0 Å². The summed E-state index contributed by atoms with van der Waals surface area (Å²) in [6.45, 7) is 3.54. The number of likely N-dealkylation sites (N-methyl/N-ethyl adjacent to an activating group) is 1. The van der Waals surface area contributed by atoms with Gasteiger partial charge in [-0.25, -0.2) is 0 Å². The number of nitrogens with zero attached hydrogens (tertiary/aromatic N) is 2. The summed E-state index contributed by atoms with van der Waals surface area (Å²) in [5.74, 6) is 0.0473. The molecule has 0 amide bonds. The molecule has 0 aliphatic rings. The number of nitrogens with one attached hydrogen (secondary N) is 1. The molecular formula is C15H19N3O. The third-order valence-corrected chi connectivity index (χ3v) is 3.16. The minimum atomic E-state index is 0.0473. The summed E-state index contributed by atoms with van der Waals surface area (Å²) in [6, 6.07) is 9.56. The Labute approximate surface area is 113 Å². The van der Waals surface area contributed by atoms with E-state index in [0.717, 1.165) is 24.1 Å². The lowest BCUT2D eigenvalue weighted by Crippen LogP contribution is -2.15. The molecule has 2 aromatic rings. The summed E-state index contributed by atoms with van der Waals surface area (Å²) >= 11 is 0. The largest absolute Gasteiger partial charge is 0.319 e. The number of rotatable bonds is 6. The molecule has 1 N–H and O–H groups in total. The summed E-state index contributed by atoms with van der Waals surface area (Å²) in [5.41, 5.74) is 2.50. The Balaban J connectivity index is 2.33. The van der Waals surface area contributed by atoms with Crippen LogP contribution in [-0.4, -0.2) is 29.2 Å². The van der Waals surface area contributed by atoms with E-state index in [9.17, 15) is 4.79 Å². The number of benzene rings is 1. The normalized spacial score (nSPS) is 10.6. The van der Waals surface area contributed by atoms with Gasteiger partial charge in [0.15, 0.2) is 0 Å². The first-order valence-electron chi connectivity index (χ1n) is 6.57. The van der Waals surface area contributed by atoms with Crippen LogP contribution in [0.15, 0.2) is 36.5 Å². The first kappa shape index (κ1) is 13.5. The van der Waals surface area contributed by atoms with Gasteiger partial charge in [0, 0.05) is 18.3 Å². The predicted molar refractivity (Wildman–Crippen MR) is 75.4 cm³/mol. The van der Waals surface area contributed by atoms with Gasteiger partial charge in [-0.3, -0.25) is 9.48 Å².